The summed E-state index contributed by atoms with van der Waals surface area (Å²) in [4.78, 5) is 16.8. The van der Waals surface area contributed by atoms with Crippen molar-refractivity contribution in [2.75, 3.05) is 44.2 Å². The van der Waals surface area contributed by atoms with Gasteiger partial charge in [0.1, 0.15) is 0 Å². The lowest BCUT2D eigenvalue weighted by molar-refractivity contribution is -0.132. The molecule has 172 valence electrons. The molecule has 0 bridgehead atoms. The summed E-state index contributed by atoms with van der Waals surface area (Å²) < 4.78 is 8.05. The van der Waals surface area contributed by atoms with Crippen LogP contribution in [0.15, 0.2) is 48.8 Å². The Morgan fingerprint density at radius 3 is 2.55 bits per heavy atom. The molecule has 7 nitrogen and oxygen atoms in total. The van der Waals surface area contributed by atoms with Crippen molar-refractivity contribution < 1.29 is 9.53 Å². The summed E-state index contributed by atoms with van der Waals surface area (Å²) in [6.07, 6.45) is 6.45. The molecule has 6 rings (SSSR count). The fourth-order valence-electron chi connectivity index (χ4n) is 5.06. The molecule has 1 amide bonds. The summed E-state index contributed by atoms with van der Waals surface area (Å²) in [5.41, 5.74) is 5.82. The number of carbonyl (C=O) groups is 1. The molecule has 2 aliphatic heterocycles. The van der Waals surface area contributed by atoms with E-state index in [1.807, 2.05) is 15.6 Å². The quantitative estimate of drug-likeness (QED) is 0.669. The van der Waals surface area contributed by atoms with E-state index in [2.05, 4.69) is 64.8 Å². The summed E-state index contributed by atoms with van der Waals surface area (Å²) in [6, 6.07) is 13.0. The Morgan fingerprint density at radius 2 is 1.82 bits per heavy atom. The van der Waals surface area contributed by atoms with Crippen LogP contribution in [0.5, 0.6) is 0 Å². The number of aromatic nitrogens is 2. The molecule has 3 aromatic rings. The van der Waals surface area contributed by atoms with Crippen molar-refractivity contribution in [2.24, 2.45) is 5.92 Å². The smallest absolute Gasteiger partial charge is 0.225 e. The number of morpholine rings is 1. The molecule has 33 heavy (non-hydrogen) atoms. The van der Waals surface area contributed by atoms with Crippen molar-refractivity contribution in [3.8, 4) is 11.1 Å². The minimum atomic E-state index is 0.106. The Bertz CT molecular complexity index is 1150. The van der Waals surface area contributed by atoms with Gasteiger partial charge in [-0.2, -0.15) is 5.10 Å². The summed E-state index contributed by atoms with van der Waals surface area (Å²) >= 11 is 0. The third kappa shape index (κ3) is 4.11. The Kier molecular flexibility index (Phi) is 5.31. The van der Waals surface area contributed by atoms with Gasteiger partial charge in [-0.25, -0.2) is 4.52 Å². The van der Waals surface area contributed by atoms with E-state index in [-0.39, 0.29) is 12.2 Å². The Labute approximate surface area is 194 Å². The number of carbonyl (C=O) groups excluding carboxylic acids is 1. The molecular weight excluding hydrogens is 414 g/mol. The minimum absolute atomic E-state index is 0.106. The van der Waals surface area contributed by atoms with E-state index in [4.69, 9.17) is 4.74 Å². The predicted molar refractivity (Wildman–Crippen MR) is 128 cm³/mol. The SMILES string of the molecule is C[C@@H]1CNC[C@H](c2ccc(-c3cc4c(N5CCN(C(=O)C6CC6)CC5)ccnn4c3)cc2)O1. The maximum Gasteiger partial charge on any atom is 0.225 e. The van der Waals surface area contributed by atoms with Crippen LogP contribution >= 0.6 is 0 Å². The third-order valence-corrected chi connectivity index (χ3v) is 7.12. The van der Waals surface area contributed by atoms with Crippen molar-refractivity contribution in [3.63, 3.8) is 0 Å². The van der Waals surface area contributed by atoms with Crippen LogP contribution in [0.4, 0.5) is 5.69 Å². The number of fused-ring (bicyclic) bond motifs is 1. The number of rotatable bonds is 4. The first-order valence-electron chi connectivity index (χ1n) is 12.1. The molecule has 0 unspecified atom stereocenters. The highest BCUT2D eigenvalue weighted by molar-refractivity contribution is 5.82. The van der Waals surface area contributed by atoms with E-state index in [0.717, 1.165) is 63.2 Å². The lowest BCUT2D eigenvalue weighted by Crippen LogP contribution is -2.49. The van der Waals surface area contributed by atoms with Crippen LogP contribution in [0, 0.1) is 5.92 Å². The van der Waals surface area contributed by atoms with Crippen LogP contribution in [0.3, 0.4) is 0 Å². The first-order valence-corrected chi connectivity index (χ1v) is 12.1. The minimum Gasteiger partial charge on any atom is -0.368 e. The zero-order valence-electron chi connectivity index (χ0n) is 19.1. The van der Waals surface area contributed by atoms with Gasteiger partial charge in [0.25, 0.3) is 0 Å². The van der Waals surface area contributed by atoms with Gasteiger partial charge in [0.2, 0.25) is 5.91 Å². The molecule has 4 heterocycles. The van der Waals surface area contributed by atoms with Gasteiger partial charge >= 0.3 is 0 Å². The highest BCUT2D eigenvalue weighted by Gasteiger charge is 2.34. The van der Waals surface area contributed by atoms with Gasteiger partial charge in [0, 0.05) is 63.1 Å². The number of nitrogens with zero attached hydrogens (tertiary/aromatic N) is 4. The third-order valence-electron chi connectivity index (χ3n) is 7.12. The normalized spacial score (nSPS) is 23.8. The fraction of sp³-hybridized carbons (Fsp3) is 0.462. The number of anilines is 1. The van der Waals surface area contributed by atoms with E-state index < -0.39 is 0 Å². The van der Waals surface area contributed by atoms with E-state index in [9.17, 15) is 4.79 Å². The number of ether oxygens (including phenoxy) is 1. The first kappa shape index (κ1) is 20.7. The van der Waals surface area contributed by atoms with Crippen LogP contribution in [0.1, 0.15) is 31.4 Å². The zero-order valence-corrected chi connectivity index (χ0v) is 19.1. The average molecular weight is 446 g/mol. The molecule has 3 aliphatic rings. The maximum absolute atomic E-state index is 12.4. The van der Waals surface area contributed by atoms with Crippen molar-refractivity contribution in [1.29, 1.82) is 0 Å². The predicted octanol–water partition coefficient (Wildman–Crippen LogP) is 3.11. The average Bonchev–Trinajstić information content (AvgIpc) is 3.61. The zero-order chi connectivity index (χ0) is 22.4. The van der Waals surface area contributed by atoms with E-state index in [1.54, 1.807) is 0 Å². The van der Waals surface area contributed by atoms with E-state index in [0.29, 0.717) is 11.8 Å². The van der Waals surface area contributed by atoms with Gasteiger partial charge in [0.05, 0.1) is 23.4 Å². The molecule has 0 radical (unpaired) electrons. The number of benzene rings is 1. The van der Waals surface area contributed by atoms with Crippen molar-refractivity contribution in [2.45, 2.75) is 32.0 Å². The van der Waals surface area contributed by atoms with Crippen LogP contribution < -0.4 is 10.2 Å². The molecule has 1 saturated carbocycles. The highest BCUT2D eigenvalue weighted by Crippen LogP contribution is 2.33. The molecule has 7 heteroatoms. The van der Waals surface area contributed by atoms with Crippen molar-refractivity contribution in [3.05, 3.63) is 54.4 Å². The van der Waals surface area contributed by atoms with E-state index in [1.165, 1.54) is 16.8 Å². The molecule has 2 saturated heterocycles. The molecule has 1 N–H and O–H groups in total. The lowest BCUT2D eigenvalue weighted by Gasteiger charge is -2.36. The Morgan fingerprint density at radius 1 is 1.03 bits per heavy atom. The van der Waals surface area contributed by atoms with Crippen LogP contribution in [-0.2, 0) is 9.53 Å². The van der Waals surface area contributed by atoms with Gasteiger partial charge in [-0.05, 0) is 43.0 Å². The standard InChI is InChI=1S/C26H31N5O2/c1-18-15-27-16-25(33-18)20-4-2-19(3-5-20)22-14-24-23(8-9-28-31(24)17-22)29-10-12-30(13-11-29)26(32)21-6-7-21/h2-5,8-9,14,17-18,21,25,27H,6-7,10-13,15-16H2,1H3/t18-,25-/m1/s1. The van der Waals surface area contributed by atoms with Gasteiger partial charge in [-0.3, -0.25) is 4.79 Å². The molecule has 0 spiro atoms. The van der Waals surface area contributed by atoms with Crippen molar-refractivity contribution in [1.82, 2.24) is 19.8 Å². The number of amides is 1. The summed E-state index contributed by atoms with van der Waals surface area (Å²) in [7, 11) is 0. The van der Waals surface area contributed by atoms with Crippen molar-refractivity contribution >= 4 is 17.1 Å². The second-order valence-corrected chi connectivity index (χ2v) is 9.58. The van der Waals surface area contributed by atoms with Crippen LogP contribution in [0.25, 0.3) is 16.6 Å². The topological polar surface area (TPSA) is 62.1 Å². The van der Waals surface area contributed by atoms with Crippen LogP contribution in [-0.4, -0.2) is 65.8 Å². The Hall–Kier alpha value is -2.90. The highest BCUT2D eigenvalue weighted by atomic mass is 16.5. The van der Waals surface area contributed by atoms with E-state index >= 15 is 0 Å². The number of nitrogens with one attached hydrogen (secondary N) is 1. The number of piperazine rings is 1. The molecule has 2 aromatic heterocycles. The monoisotopic (exact) mass is 445 g/mol. The molecular formula is C26H31N5O2. The first-order chi connectivity index (χ1) is 16.2. The molecule has 2 atom stereocenters. The largest absolute Gasteiger partial charge is 0.368 e. The second-order valence-electron chi connectivity index (χ2n) is 9.58. The van der Waals surface area contributed by atoms with Gasteiger partial charge in [0.15, 0.2) is 0 Å². The maximum atomic E-state index is 12.4. The summed E-state index contributed by atoms with van der Waals surface area (Å²) in [5.74, 6) is 0.653. The molecule has 1 aromatic carbocycles. The molecule has 3 fully saturated rings. The van der Waals surface area contributed by atoms with Gasteiger partial charge in [-0.1, -0.05) is 24.3 Å². The lowest BCUT2D eigenvalue weighted by atomic mass is 10.0. The number of hydrogen-bond donors (Lipinski definition) is 1. The summed E-state index contributed by atoms with van der Waals surface area (Å²) in [5, 5.41) is 7.99. The molecule has 1 aliphatic carbocycles. The number of hydrogen-bond acceptors (Lipinski definition) is 5. The van der Waals surface area contributed by atoms with Gasteiger partial charge in [-0.15, -0.1) is 0 Å². The summed E-state index contributed by atoms with van der Waals surface area (Å²) in [6.45, 7) is 7.20. The van der Waals surface area contributed by atoms with Crippen LogP contribution in [0.2, 0.25) is 0 Å². The van der Waals surface area contributed by atoms with Gasteiger partial charge < -0.3 is 19.9 Å². The second kappa shape index (κ2) is 8.47. The fourth-order valence-corrected chi connectivity index (χ4v) is 5.06. The Balaban J connectivity index is 1.20.